The van der Waals surface area contributed by atoms with Gasteiger partial charge in [-0.2, -0.15) is 0 Å². The zero-order valence-corrected chi connectivity index (χ0v) is 13.7. The Morgan fingerprint density at radius 3 is 2.90 bits per heavy atom. The van der Waals surface area contributed by atoms with Crippen molar-refractivity contribution in [1.82, 2.24) is 0 Å². The predicted molar refractivity (Wildman–Crippen MR) is 87.3 cm³/mol. The van der Waals surface area contributed by atoms with Gasteiger partial charge in [0, 0.05) is 8.59 Å². The molecule has 1 aliphatic heterocycles. The van der Waals surface area contributed by atoms with Crippen LogP contribution in [-0.4, -0.2) is 12.5 Å². The van der Waals surface area contributed by atoms with Gasteiger partial charge in [-0.1, -0.05) is 11.6 Å². The van der Waals surface area contributed by atoms with E-state index >= 15 is 0 Å². The third-order valence-corrected chi connectivity index (χ3v) is 4.24. The molecule has 3 rings (SSSR count). The van der Waals surface area contributed by atoms with Crippen molar-refractivity contribution < 1.29 is 13.9 Å². The lowest BCUT2D eigenvalue weighted by Crippen LogP contribution is -2.38. The van der Waals surface area contributed by atoms with Gasteiger partial charge >= 0.3 is 0 Å². The zero-order valence-electron chi connectivity index (χ0n) is 10.8. The normalized spacial score (nSPS) is 13.9. The van der Waals surface area contributed by atoms with Crippen LogP contribution in [0.3, 0.4) is 0 Å². The van der Waals surface area contributed by atoms with E-state index in [0.717, 1.165) is 3.57 Å². The summed E-state index contributed by atoms with van der Waals surface area (Å²) < 4.78 is 19.8. The molecule has 0 N–H and O–H groups in total. The van der Waals surface area contributed by atoms with Crippen molar-refractivity contribution in [2.75, 3.05) is 11.5 Å². The van der Waals surface area contributed by atoms with Crippen LogP contribution in [0.2, 0.25) is 5.02 Å². The van der Waals surface area contributed by atoms with Crippen LogP contribution in [0, 0.1) is 9.39 Å². The summed E-state index contributed by atoms with van der Waals surface area (Å²) in [4.78, 5) is 13.7. The average Bonchev–Trinajstić information content (AvgIpc) is 2.46. The molecule has 0 saturated carbocycles. The minimum absolute atomic E-state index is 0.0273. The van der Waals surface area contributed by atoms with Gasteiger partial charge in [0.1, 0.15) is 11.6 Å². The molecule has 1 aliphatic rings. The van der Waals surface area contributed by atoms with Crippen molar-refractivity contribution in [2.45, 2.75) is 6.54 Å². The van der Waals surface area contributed by atoms with E-state index in [1.807, 2.05) is 18.2 Å². The summed E-state index contributed by atoms with van der Waals surface area (Å²) in [6, 6.07) is 9.72. The zero-order chi connectivity index (χ0) is 15.0. The molecule has 0 saturated heterocycles. The number of carbonyl (C=O) groups is 1. The Balaban J connectivity index is 2.00. The maximum Gasteiger partial charge on any atom is 0.265 e. The molecule has 6 heteroatoms. The quantitative estimate of drug-likeness (QED) is 0.691. The first kappa shape index (κ1) is 14.6. The predicted octanol–water partition coefficient (Wildman–Crippen LogP) is 4.01. The minimum atomic E-state index is -0.377. The van der Waals surface area contributed by atoms with Crippen molar-refractivity contribution in [3.63, 3.8) is 0 Å². The van der Waals surface area contributed by atoms with Crippen molar-refractivity contribution in [1.29, 1.82) is 0 Å². The van der Waals surface area contributed by atoms with Gasteiger partial charge in [-0.15, -0.1) is 0 Å². The van der Waals surface area contributed by atoms with Crippen LogP contribution < -0.4 is 9.64 Å². The summed E-state index contributed by atoms with van der Waals surface area (Å²) in [7, 11) is 0. The maximum atomic E-state index is 13.4. The average molecular weight is 418 g/mol. The van der Waals surface area contributed by atoms with Crippen molar-refractivity contribution >= 4 is 45.8 Å². The summed E-state index contributed by atoms with van der Waals surface area (Å²) in [5, 5.41) is 0.433. The van der Waals surface area contributed by atoms with E-state index in [1.54, 1.807) is 4.90 Å². The van der Waals surface area contributed by atoms with Gasteiger partial charge in [0.05, 0.1) is 12.2 Å². The first-order valence-electron chi connectivity index (χ1n) is 6.21. The highest BCUT2D eigenvalue weighted by Gasteiger charge is 2.26. The summed E-state index contributed by atoms with van der Waals surface area (Å²) in [6.07, 6.45) is 0. The Kier molecular flexibility index (Phi) is 4.03. The number of nitrogens with zero attached hydrogens (tertiary/aromatic N) is 1. The second-order valence-electron chi connectivity index (χ2n) is 4.62. The van der Waals surface area contributed by atoms with E-state index in [-0.39, 0.29) is 24.9 Å². The molecule has 0 spiro atoms. The molecule has 0 radical (unpaired) electrons. The molecule has 1 amide bonds. The summed E-state index contributed by atoms with van der Waals surface area (Å²) in [5.74, 6) is 0.0883. The fourth-order valence-electron chi connectivity index (χ4n) is 2.18. The van der Waals surface area contributed by atoms with E-state index in [9.17, 15) is 9.18 Å². The first-order valence-corrected chi connectivity index (χ1v) is 7.67. The van der Waals surface area contributed by atoms with Gasteiger partial charge in [0.25, 0.3) is 5.91 Å². The van der Waals surface area contributed by atoms with Gasteiger partial charge in [0.15, 0.2) is 6.61 Å². The number of rotatable bonds is 2. The topological polar surface area (TPSA) is 29.5 Å². The first-order chi connectivity index (χ1) is 10.0. The van der Waals surface area contributed by atoms with Gasteiger partial charge in [-0.3, -0.25) is 4.79 Å². The van der Waals surface area contributed by atoms with Crippen LogP contribution in [0.25, 0.3) is 0 Å². The fourth-order valence-corrected chi connectivity index (χ4v) is 2.84. The van der Waals surface area contributed by atoms with E-state index in [0.29, 0.717) is 22.0 Å². The Morgan fingerprint density at radius 2 is 2.10 bits per heavy atom. The van der Waals surface area contributed by atoms with Gasteiger partial charge < -0.3 is 9.64 Å². The highest BCUT2D eigenvalue weighted by molar-refractivity contribution is 14.1. The molecular formula is C15H10ClFINO2. The third-order valence-electron chi connectivity index (χ3n) is 3.20. The maximum absolute atomic E-state index is 13.4. The van der Waals surface area contributed by atoms with Gasteiger partial charge in [-0.05, 0) is 64.6 Å². The Morgan fingerprint density at radius 1 is 1.29 bits per heavy atom. The number of benzene rings is 2. The molecule has 0 aliphatic carbocycles. The third kappa shape index (κ3) is 2.98. The lowest BCUT2D eigenvalue weighted by Gasteiger charge is -2.29. The molecular weight excluding hydrogens is 408 g/mol. The summed E-state index contributed by atoms with van der Waals surface area (Å²) >= 11 is 8.25. The number of fused-ring (bicyclic) bond motifs is 1. The van der Waals surface area contributed by atoms with Gasteiger partial charge in [0.2, 0.25) is 0 Å². The highest BCUT2D eigenvalue weighted by Crippen LogP contribution is 2.35. The number of ether oxygens (including phenoxy) is 1. The lowest BCUT2D eigenvalue weighted by molar-refractivity contribution is -0.121. The van der Waals surface area contributed by atoms with E-state index in [2.05, 4.69) is 22.6 Å². The Hall–Kier alpha value is -1.34. The molecule has 0 bridgehead atoms. The van der Waals surface area contributed by atoms with Crippen molar-refractivity contribution in [3.8, 4) is 5.75 Å². The molecule has 2 aromatic carbocycles. The molecule has 0 aromatic heterocycles. The number of hydrogen-bond donors (Lipinski definition) is 0. The number of amides is 1. The number of hydrogen-bond acceptors (Lipinski definition) is 2. The fraction of sp³-hybridized carbons (Fsp3) is 0.133. The van der Waals surface area contributed by atoms with Crippen LogP contribution in [0.5, 0.6) is 5.75 Å². The summed E-state index contributed by atoms with van der Waals surface area (Å²) in [6.45, 7) is 0.187. The number of anilines is 1. The van der Waals surface area contributed by atoms with Crippen molar-refractivity contribution in [2.24, 2.45) is 0 Å². The molecule has 2 aromatic rings. The second kappa shape index (κ2) is 5.81. The highest BCUT2D eigenvalue weighted by atomic mass is 127. The van der Waals surface area contributed by atoms with Crippen LogP contribution in [-0.2, 0) is 11.3 Å². The Labute approximate surface area is 139 Å². The van der Waals surface area contributed by atoms with E-state index in [4.69, 9.17) is 16.3 Å². The summed E-state index contributed by atoms with van der Waals surface area (Å²) in [5.41, 5.74) is 1.25. The molecule has 3 nitrogen and oxygen atoms in total. The van der Waals surface area contributed by atoms with E-state index < -0.39 is 0 Å². The smallest absolute Gasteiger partial charge is 0.265 e. The van der Waals surface area contributed by atoms with Crippen LogP contribution in [0.1, 0.15) is 5.56 Å². The molecule has 0 fully saturated rings. The SMILES string of the molecule is O=C1COc2ccc(I)cc2N1Cc1cc(F)ccc1Cl. The number of carbonyl (C=O) groups excluding carboxylic acids is 1. The Bertz CT molecular complexity index is 723. The minimum Gasteiger partial charge on any atom is -0.482 e. The molecule has 1 heterocycles. The molecule has 108 valence electrons. The molecule has 0 atom stereocenters. The van der Waals surface area contributed by atoms with Crippen molar-refractivity contribution in [3.05, 3.63) is 56.4 Å². The monoisotopic (exact) mass is 417 g/mol. The van der Waals surface area contributed by atoms with Crippen LogP contribution in [0.15, 0.2) is 36.4 Å². The van der Waals surface area contributed by atoms with E-state index in [1.165, 1.54) is 18.2 Å². The van der Waals surface area contributed by atoms with Crippen LogP contribution >= 0.6 is 34.2 Å². The van der Waals surface area contributed by atoms with Crippen LogP contribution in [0.4, 0.5) is 10.1 Å². The molecule has 0 unspecified atom stereocenters. The number of halogens is 3. The second-order valence-corrected chi connectivity index (χ2v) is 6.27. The molecule has 21 heavy (non-hydrogen) atoms. The van der Waals surface area contributed by atoms with Gasteiger partial charge in [-0.25, -0.2) is 4.39 Å². The standard InChI is InChI=1S/C15H10ClFINO2/c16-12-3-1-10(17)5-9(12)7-19-13-6-11(18)2-4-14(13)21-8-15(19)20/h1-6H,7-8H2. The largest absolute Gasteiger partial charge is 0.482 e. The lowest BCUT2D eigenvalue weighted by atomic mass is 10.1.